The van der Waals surface area contributed by atoms with Crippen LogP contribution in [0.1, 0.15) is 12.8 Å². The number of aliphatic hydroxyl groups excluding tert-OH is 1. The average Bonchev–Trinajstić information content (AvgIpc) is 2.37. The number of hydrogen-bond donors (Lipinski definition) is 1. The van der Waals surface area contributed by atoms with Crippen molar-refractivity contribution < 1.29 is 58.5 Å². The lowest BCUT2D eigenvalue weighted by Crippen LogP contribution is -2.38. The van der Waals surface area contributed by atoms with Crippen molar-refractivity contribution in [2.45, 2.75) is 43.1 Å². The van der Waals surface area contributed by atoms with Gasteiger partial charge in [-0.3, -0.25) is 0 Å². The second kappa shape index (κ2) is 8.52. The Balaban J connectivity index is 3.88. The summed E-state index contributed by atoms with van der Waals surface area (Å²) >= 11 is 0. The van der Waals surface area contributed by atoms with Crippen molar-refractivity contribution in [2.24, 2.45) is 0 Å². The summed E-state index contributed by atoms with van der Waals surface area (Å²) in [6.07, 6.45) is -16.5. The number of alkyl halides is 10. The van der Waals surface area contributed by atoms with Crippen molar-refractivity contribution in [1.82, 2.24) is 0 Å². The van der Waals surface area contributed by atoms with E-state index in [1.54, 1.807) is 0 Å². The minimum atomic E-state index is -5.75. The van der Waals surface area contributed by atoms with Gasteiger partial charge in [0.25, 0.3) is 0 Å². The Labute approximate surface area is 129 Å². The van der Waals surface area contributed by atoms with Gasteiger partial charge in [-0.1, -0.05) is 0 Å². The number of halogens is 10. The molecule has 0 heterocycles. The van der Waals surface area contributed by atoms with Crippen LogP contribution >= 0.6 is 0 Å². The van der Waals surface area contributed by atoms with Gasteiger partial charge >= 0.3 is 24.2 Å². The van der Waals surface area contributed by atoms with E-state index in [0.29, 0.717) is 0 Å². The second-order valence-electron chi connectivity index (χ2n) is 4.71. The van der Waals surface area contributed by atoms with Crippen LogP contribution in [0.25, 0.3) is 0 Å². The van der Waals surface area contributed by atoms with Gasteiger partial charge in [-0.2, -0.15) is 43.9 Å². The first-order valence-corrected chi connectivity index (χ1v) is 6.33. The molecule has 0 bridgehead atoms. The molecule has 0 aliphatic rings. The third kappa shape index (κ3) is 7.83. The Bertz CT molecular complexity index is 332. The van der Waals surface area contributed by atoms with E-state index in [2.05, 4.69) is 9.47 Å². The van der Waals surface area contributed by atoms with Crippen LogP contribution in [0.15, 0.2) is 0 Å². The van der Waals surface area contributed by atoms with E-state index < -0.39 is 69.6 Å². The van der Waals surface area contributed by atoms with Gasteiger partial charge < -0.3 is 14.6 Å². The monoisotopic (exact) mass is 384 g/mol. The molecule has 0 aromatic carbocycles. The lowest BCUT2D eigenvalue weighted by molar-refractivity contribution is -0.287. The average molecular weight is 384 g/mol. The van der Waals surface area contributed by atoms with Crippen molar-refractivity contribution in [3.05, 3.63) is 0 Å². The zero-order chi connectivity index (χ0) is 19.2. The normalized spacial score (nSPS) is 14.5. The Morgan fingerprint density at radius 1 is 0.625 bits per heavy atom. The molecule has 0 aliphatic carbocycles. The summed E-state index contributed by atoms with van der Waals surface area (Å²) in [5.41, 5.74) is 0. The molecule has 0 saturated heterocycles. The van der Waals surface area contributed by atoms with Gasteiger partial charge in [-0.15, -0.1) is 0 Å². The second-order valence-corrected chi connectivity index (χ2v) is 4.71. The lowest BCUT2D eigenvalue weighted by Gasteiger charge is -2.20. The Hall–Kier alpha value is -0.820. The van der Waals surface area contributed by atoms with Gasteiger partial charge in [0.05, 0.1) is 26.4 Å². The number of aliphatic hydroxyl groups is 1. The van der Waals surface area contributed by atoms with Crippen molar-refractivity contribution >= 4 is 0 Å². The zero-order valence-electron chi connectivity index (χ0n) is 11.9. The van der Waals surface area contributed by atoms with Gasteiger partial charge in [0.15, 0.2) is 0 Å². The van der Waals surface area contributed by atoms with Crippen LogP contribution in [-0.2, 0) is 9.47 Å². The minimum Gasteiger partial charge on any atom is -0.388 e. The molecule has 3 nitrogen and oxygen atoms in total. The zero-order valence-corrected chi connectivity index (χ0v) is 11.9. The summed E-state index contributed by atoms with van der Waals surface area (Å²) in [6.45, 7) is -3.64. The van der Waals surface area contributed by atoms with E-state index in [-0.39, 0.29) is 0 Å². The molecule has 0 unspecified atom stereocenters. The molecule has 0 aromatic rings. The van der Waals surface area contributed by atoms with Crippen LogP contribution in [0.3, 0.4) is 0 Å². The van der Waals surface area contributed by atoms with Crippen LogP contribution < -0.4 is 0 Å². The van der Waals surface area contributed by atoms with E-state index in [1.807, 2.05) is 0 Å². The maximum Gasteiger partial charge on any atom is 0.453 e. The van der Waals surface area contributed by atoms with E-state index in [0.717, 1.165) is 0 Å². The quantitative estimate of drug-likeness (QED) is 0.463. The summed E-state index contributed by atoms with van der Waals surface area (Å²) < 4.78 is 129. The van der Waals surface area contributed by atoms with Gasteiger partial charge in [-0.05, 0) is 0 Å². The predicted molar refractivity (Wildman–Crippen MR) is 58.9 cm³/mol. The summed E-state index contributed by atoms with van der Waals surface area (Å²) in [5.74, 6) is -9.95. The number of hydrogen-bond acceptors (Lipinski definition) is 3. The predicted octanol–water partition coefficient (Wildman–Crippen LogP) is 3.56. The van der Waals surface area contributed by atoms with Crippen LogP contribution in [0.4, 0.5) is 43.9 Å². The number of ether oxygens (including phenoxy) is 2. The number of rotatable bonds is 10. The standard InChI is InChI=1S/C11H14F10O3/c12-8(13,10(16,17)18)1-3-23-5-7(22)6-24-4-2-9(14,15)11(19,20)21/h7,22H,1-6H2. The maximum absolute atomic E-state index is 12.5. The molecule has 13 heteroatoms. The van der Waals surface area contributed by atoms with Crippen LogP contribution in [-0.4, -0.2) is 61.8 Å². The first-order chi connectivity index (χ1) is 10.6. The molecule has 0 radical (unpaired) electrons. The fourth-order valence-corrected chi connectivity index (χ4v) is 1.17. The van der Waals surface area contributed by atoms with E-state index in [9.17, 15) is 43.9 Å². The molecule has 0 saturated carbocycles. The largest absolute Gasteiger partial charge is 0.453 e. The molecule has 0 spiro atoms. The Morgan fingerprint density at radius 3 is 1.17 bits per heavy atom. The van der Waals surface area contributed by atoms with Gasteiger partial charge in [-0.25, -0.2) is 0 Å². The van der Waals surface area contributed by atoms with Crippen molar-refractivity contribution in [2.75, 3.05) is 26.4 Å². The van der Waals surface area contributed by atoms with Crippen LogP contribution in [0, 0.1) is 0 Å². The molecule has 24 heavy (non-hydrogen) atoms. The van der Waals surface area contributed by atoms with E-state index in [4.69, 9.17) is 5.11 Å². The molecular weight excluding hydrogens is 370 g/mol. The van der Waals surface area contributed by atoms with Crippen LogP contribution in [0.5, 0.6) is 0 Å². The third-order valence-electron chi connectivity index (χ3n) is 2.57. The highest BCUT2D eigenvalue weighted by molar-refractivity contribution is 4.76. The fourth-order valence-electron chi connectivity index (χ4n) is 1.17. The highest BCUT2D eigenvalue weighted by Gasteiger charge is 2.57. The Morgan fingerprint density at radius 2 is 0.917 bits per heavy atom. The molecule has 0 aromatic heterocycles. The van der Waals surface area contributed by atoms with Crippen molar-refractivity contribution in [3.63, 3.8) is 0 Å². The topological polar surface area (TPSA) is 38.7 Å². The molecule has 0 rings (SSSR count). The summed E-state index contributed by atoms with van der Waals surface area (Å²) in [5, 5.41) is 9.16. The van der Waals surface area contributed by atoms with Crippen LogP contribution in [0.2, 0.25) is 0 Å². The van der Waals surface area contributed by atoms with E-state index in [1.165, 1.54) is 0 Å². The molecule has 1 N–H and O–H groups in total. The highest BCUT2D eigenvalue weighted by atomic mass is 19.4. The summed E-state index contributed by atoms with van der Waals surface area (Å²) in [6, 6.07) is 0. The van der Waals surface area contributed by atoms with Gasteiger partial charge in [0.1, 0.15) is 6.10 Å². The van der Waals surface area contributed by atoms with E-state index >= 15 is 0 Å². The third-order valence-corrected chi connectivity index (χ3v) is 2.57. The Kier molecular flexibility index (Phi) is 8.23. The molecule has 0 amide bonds. The van der Waals surface area contributed by atoms with Crippen molar-refractivity contribution in [3.8, 4) is 0 Å². The highest BCUT2D eigenvalue weighted by Crippen LogP contribution is 2.38. The fraction of sp³-hybridized carbons (Fsp3) is 1.00. The molecule has 146 valence electrons. The van der Waals surface area contributed by atoms with Gasteiger partial charge in [0, 0.05) is 12.8 Å². The molecule has 0 aliphatic heterocycles. The maximum atomic E-state index is 12.5. The van der Waals surface area contributed by atoms with Gasteiger partial charge in [0.2, 0.25) is 0 Å². The first-order valence-electron chi connectivity index (χ1n) is 6.33. The smallest absolute Gasteiger partial charge is 0.388 e. The minimum absolute atomic E-state index is 0.760. The molecule has 0 atom stereocenters. The van der Waals surface area contributed by atoms with Crippen molar-refractivity contribution in [1.29, 1.82) is 0 Å². The molecular formula is C11H14F10O3. The molecule has 0 fully saturated rings. The summed E-state index contributed by atoms with van der Waals surface area (Å²) in [4.78, 5) is 0. The lowest BCUT2D eigenvalue weighted by atomic mass is 10.2. The summed E-state index contributed by atoms with van der Waals surface area (Å²) in [7, 11) is 0. The SMILES string of the molecule is OC(COCCC(F)(F)C(F)(F)F)COCCC(F)(F)C(F)(F)F. The first kappa shape index (κ1) is 23.2.